The maximum atomic E-state index is 2.33. The van der Waals surface area contributed by atoms with E-state index in [2.05, 4.69) is 121 Å². The summed E-state index contributed by atoms with van der Waals surface area (Å²) in [5, 5.41) is 5.31. The predicted octanol–water partition coefficient (Wildman–Crippen LogP) is 8.97. The second-order valence-corrected chi connectivity index (χ2v) is 8.48. The van der Waals surface area contributed by atoms with E-state index < -0.39 is 0 Å². The van der Waals surface area contributed by atoms with Gasteiger partial charge in [0.1, 0.15) is 0 Å². The van der Waals surface area contributed by atoms with E-state index in [0.717, 1.165) is 0 Å². The van der Waals surface area contributed by atoms with Crippen LogP contribution in [0, 0.1) is 0 Å². The molecule has 0 spiro atoms. The molecule has 0 aliphatic heterocycles. The largest absolute Gasteiger partial charge is 0.0622 e. The quantitative estimate of drug-likeness (QED) is 0.252. The lowest BCUT2D eigenvalue weighted by atomic mass is 9.74. The zero-order chi connectivity index (χ0) is 21.1. The summed E-state index contributed by atoms with van der Waals surface area (Å²) < 4.78 is 0. The summed E-state index contributed by atoms with van der Waals surface area (Å²) in [6.45, 7) is 0. The standard InChI is InChI=1S/C32H20/c1-3-11-21(12-4-1)29-25-17-9-7-15-23(25)28-20-19-27-24-16-8-10-18-26(24)31(27)32(28)30(29)22-13-5-2-6-14-22/h1-20H. The highest BCUT2D eigenvalue weighted by atomic mass is 14.3. The van der Waals surface area contributed by atoms with Crippen LogP contribution in [-0.4, -0.2) is 0 Å². The zero-order valence-corrected chi connectivity index (χ0v) is 17.5. The van der Waals surface area contributed by atoms with Crippen molar-refractivity contribution < 1.29 is 0 Å². The van der Waals surface area contributed by atoms with Gasteiger partial charge in [0, 0.05) is 0 Å². The summed E-state index contributed by atoms with van der Waals surface area (Å²) in [7, 11) is 0. The smallest absolute Gasteiger partial charge is 0.000763 e. The van der Waals surface area contributed by atoms with E-state index in [0.29, 0.717) is 0 Å². The molecule has 32 heavy (non-hydrogen) atoms. The van der Waals surface area contributed by atoms with Crippen molar-refractivity contribution in [1.29, 1.82) is 0 Å². The van der Waals surface area contributed by atoms with Gasteiger partial charge in [-0.1, -0.05) is 121 Å². The Kier molecular flexibility index (Phi) is 3.65. The SMILES string of the molecule is c1ccc(-c2c(-c3ccccc3)c3c4c(ccc3c3ccccc23)-c2ccccc2-4)cc1. The van der Waals surface area contributed by atoms with Gasteiger partial charge in [-0.15, -0.1) is 0 Å². The van der Waals surface area contributed by atoms with Gasteiger partial charge in [-0.25, -0.2) is 0 Å². The van der Waals surface area contributed by atoms with Gasteiger partial charge in [0.25, 0.3) is 0 Å². The summed E-state index contributed by atoms with van der Waals surface area (Å²) in [6.07, 6.45) is 0. The third kappa shape index (κ3) is 2.32. The molecule has 7 rings (SSSR count). The summed E-state index contributed by atoms with van der Waals surface area (Å²) in [5.74, 6) is 0. The normalized spacial score (nSPS) is 11.8. The molecular formula is C32H20. The molecule has 148 valence electrons. The van der Waals surface area contributed by atoms with Crippen molar-refractivity contribution in [2.24, 2.45) is 0 Å². The van der Waals surface area contributed by atoms with Crippen molar-refractivity contribution in [3.05, 3.63) is 121 Å². The third-order valence-electron chi connectivity index (χ3n) is 6.80. The minimum absolute atomic E-state index is 1.26. The van der Waals surface area contributed by atoms with Crippen LogP contribution < -0.4 is 0 Å². The molecule has 0 heteroatoms. The van der Waals surface area contributed by atoms with Crippen molar-refractivity contribution in [3.8, 4) is 44.5 Å². The predicted molar refractivity (Wildman–Crippen MR) is 137 cm³/mol. The van der Waals surface area contributed by atoms with Crippen LogP contribution in [0.1, 0.15) is 0 Å². The number of benzene rings is 6. The van der Waals surface area contributed by atoms with Crippen LogP contribution in [0.3, 0.4) is 0 Å². The van der Waals surface area contributed by atoms with Gasteiger partial charge in [0.05, 0.1) is 0 Å². The lowest BCUT2D eigenvalue weighted by Gasteiger charge is -2.29. The lowest BCUT2D eigenvalue weighted by molar-refractivity contribution is 1.55. The minimum Gasteiger partial charge on any atom is -0.0622 e. The monoisotopic (exact) mass is 404 g/mol. The Bertz CT molecular complexity index is 1640. The van der Waals surface area contributed by atoms with E-state index in [1.807, 2.05) is 0 Å². The molecule has 6 aromatic rings. The summed E-state index contributed by atoms with van der Waals surface area (Å²) in [6, 6.07) is 44.1. The van der Waals surface area contributed by atoms with E-state index in [1.165, 1.54) is 66.1 Å². The van der Waals surface area contributed by atoms with Crippen LogP contribution in [0.4, 0.5) is 0 Å². The molecule has 1 aliphatic carbocycles. The molecule has 0 amide bonds. The molecule has 0 atom stereocenters. The molecule has 0 aromatic heterocycles. The topological polar surface area (TPSA) is 0 Å². The Labute approximate surface area is 187 Å². The Hall–Kier alpha value is -4.16. The molecular weight excluding hydrogens is 384 g/mol. The molecule has 0 saturated carbocycles. The van der Waals surface area contributed by atoms with Gasteiger partial charge >= 0.3 is 0 Å². The molecule has 6 aromatic carbocycles. The molecule has 0 bridgehead atoms. The molecule has 1 aliphatic rings. The maximum Gasteiger partial charge on any atom is -0.000763 e. The lowest BCUT2D eigenvalue weighted by Crippen LogP contribution is -2.02. The van der Waals surface area contributed by atoms with Crippen molar-refractivity contribution in [2.45, 2.75) is 0 Å². The van der Waals surface area contributed by atoms with E-state index in [4.69, 9.17) is 0 Å². The van der Waals surface area contributed by atoms with Gasteiger partial charge in [-0.3, -0.25) is 0 Å². The van der Waals surface area contributed by atoms with E-state index in [1.54, 1.807) is 0 Å². The van der Waals surface area contributed by atoms with Crippen molar-refractivity contribution >= 4 is 21.5 Å². The van der Waals surface area contributed by atoms with Gasteiger partial charge in [0.2, 0.25) is 0 Å². The molecule has 0 heterocycles. The fourth-order valence-electron chi connectivity index (χ4n) is 5.46. The van der Waals surface area contributed by atoms with Crippen LogP contribution in [-0.2, 0) is 0 Å². The molecule has 0 unspecified atom stereocenters. The molecule has 0 radical (unpaired) electrons. The Balaban J connectivity index is 1.76. The Morgan fingerprint density at radius 1 is 0.281 bits per heavy atom. The Morgan fingerprint density at radius 2 is 0.844 bits per heavy atom. The first-order valence-electron chi connectivity index (χ1n) is 11.1. The third-order valence-corrected chi connectivity index (χ3v) is 6.80. The molecule has 0 fully saturated rings. The highest BCUT2D eigenvalue weighted by Gasteiger charge is 2.28. The second kappa shape index (κ2) is 6.67. The van der Waals surface area contributed by atoms with Crippen molar-refractivity contribution in [3.63, 3.8) is 0 Å². The van der Waals surface area contributed by atoms with E-state index in [-0.39, 0.29) is 0 Å². The highest BCUT2D eigenvalue weighted by molar-refractivity contribution is 6.29. The summed E-state index contributed by atoms with van der Waals surface area (Å²) in [4.78, 5) is 0. The van der Waals surface area contributed by atoms with Crippen molar-refractivity contribution in [1.82, 2.24) is 0 Å². The minimum atomic E-state index is 1.26. The number of fused-ring (bicyclic) bond motifs is 8. The maximum absolute atomic E-state index is 2.33. The average molecular weight is 405 g/mol. The van der Waals surface area contributed by atoms with Crippen molar-refractivity contribution in [2.75, 3.05) is 0 Å². The fraction of sp³-hybridized carbons (Fsp3) is 0. The first kappa shape index (κ1) is 17.5. The summed E-state index contributed by atoms with van der Waals surface area (Å²) >= 11 is 0. The molecule has 0 N–H and O–H groups in total. The highest BCUT2D eigenvalue weighted by Crippen LogP contribution is 2.55. The van der Waals surface area contributed by atoms with Crippen LogP contribution in [0.25, 0.3) is 66.1 Å². The number of rotatable bonds is 2. The molecule has 0 saturated heterocycles. The zero-order valence-electron chi connectivity index (χ0n) is 17.5. The molecule has 0 nitrogen and oxygen atoms in total. The van der Waals surface area contributed by atoms with Crippen LogP contribution in [0.5, 0.6) is 0 Å². The van der Waals surface area contributed by atoms with Gasteiger partial charge in [-0.2, -0.15) is 0 Å². The van der Waals surface area contributed by atoms with Crippen LogP contribution >= 0.6 is 0 Å². The number of hydrogen-bond donors (Lipinski definition) is 0. The number of hydrogen-bond acceptors (Lipinski definition) is 0. The van der Waals surface area contributed by atoms with Gasteiger partial charge in [-0.05, 0) is 66.1 Å². The fourth-order valence-corrected chi connectivity index (χ4v) is 5.46. The average Bonchev–Trinajstić information content (AvgIpc) is 2.86. The first-order chi connectivity index (χ1) is 15.9. The second-order valence-electron chi connectivity index (χ2n) is 8.48. The van der Waals surface area contributed by atoms with Gasteiger partial charge in [0.15, 0.2) is 0 Å². The summed E-state index contributed by atoms with van der Waals surface area (Å²) in [5.41, 5.74) is 10.6. The van der Waals surface area contributed by atoms with E-state index >= 15 is 0 Å². The van der Waals surface area contributed by atoms with Crippen LogP contribution in [0.2, 0.25) is 0 Å². The van der Waals surface area contributed by atoms with Gasteiger partial charge < -0.3 is 0 Å². The van der Waals surface area contributed by atoms with E-state index in [9.17, 15) is 0 Å². The first-order valence-corrected chi connectivity index (χ1v) is 11.1. The Morgan fingerprint density at radius 3 is 1.56 bits per heavy atom. The van der Waals surface area contributed by atoms with Crippen LogP contribution in [0.15, 0.2) is 121 Å².